The maximum absolute atomic E-state index is 11.9. The van der Waals surface area contributed by atoms with E-state index in [-0.39, 0.29) is 5.91 Å². The minimum absolute atomic E-state index is 0.210. The first-order chi connectivity index (χ1) is 8.20. The van der Waals surface area contributed by atoms with Crippen LogP contribution < -0.4 is 5.32 Å². The van der Waals surface area contributed by atoms with Crippen molar-refractivity contribution in [1.29, 1.82) is 0 Å². The first-order valence-electron chi connectivity index (χ1n) is 5.20. The van der Waals surface area contributed by atoms with Gasteiger partial charge in [0.05, 0.1) is 11.8 Å². The van der Waals surface area contributed by atoms with Gasteiger partial charge in [0.15, 0.2) is 0 Å². The molecule has 0 saturated heterocycles. The molecule has 0 atom stereocenters. The van der Waals surface area contributed by atoms with E-state index in [4.69, 9.17) is 16.0 Å². The molecular formula is C12H11ClN2O2. The number of rotatable bonds is 3. The number of pyridine rings is 1. The summed E-state index contributed by atoms with van der Waals surface area (Å²) in [6, 6.07) is 4.91. The summed E-state index contributed by atoms with van der Waals surface area (Å²) in [7, 11) is 0. The zero-order chi connectivity index (χ0) is 12.3. The SMILES string of the molecule is CCc1occc1C(=O)Nc1ccnc(Cl)c1. The molecule has 0 aliphatic carbocycles. The fourth-order valence-electron chi connectivity index (χ4n) is 1.50. The zero-order valence-corrected chi connectivity index (χ0v) is 9.99. The number of nitrogens with zero attached hydrogens (tertiary/aromatic N) is 1. The van der Waals surface area contributed by atoms with Crippen LogP contribution in [0.4, 0.5) is 5.69 Å². The topological polar surface area (TPSA) is 55.1 Å². The normalized spacial score (nSPS) is 10.2. The Hall–Kier alpha value is -1.81. The first kappa shape index (κ1) is 11.7. The zero-order valence-electron chi connectivity index (χ0n) is 9.24. The monoisotopic (exact) mass is 250 g/mol. The van der Waals surface area contributed by atoms with Crippen LogP contribution in [0.15, 0.2) is 35.1 Å². The van der Waals surface area contributed by atoms with Crippen LogP contribution in [0.3, 0.4) is 0 Å². The van der Waals surface area contributed by atoms with Crippen molar-refractivity contribution >= 4 is 23.2 Å². The number of anilines is 1. The number of carbonyl (C=O) groups is 1. The maximum Gasteiger partial charge on any atom is 0.259 e. The van der Waals surface area contributed by atoms with Gasteiger partial charge in [0.1, 0.15) is 10.9 Å². The molecule has 0 saturated carbocycles. The molecule has 0 unspecified atom stereocenters. The number of hydrogen-bond donors (Lipinski definition) is 1. The van der Waals surface area contributed by atoms with Crippen LogP contribution in [0.5, 0.6) is 0 Å². The second-order valence-electron chi connectivity index (χ2n) is 3.43. The Bertz CT molecular complexity index is 537. The number of aromatic nitrogens is 1. The van der Waals surface area contributed by atoms with E-state index >= 15 is 0 Å². The third-order valence-corrected chi connectivity index (χ3v) is 2.50. The number of halogens is 1. The fraction of sp³-hybridized carbons (Fsp3) is 0.167. The highest BCUT2D eigenvalue weighted by atomic mass is 35.5. The Morgan fingerprint density at radius 2 is 2.35 bits per heavy atom. The third kappa shape index (κ3) is 2.65. The van der Waals surface area contributed by atoms with E-state index in [0.29, 0.717) is 28.6 Å². The molecular weight excluding hydrogens is 240 g/mol. The molecule has 1 amide bonds. The van der Waals surface area contributed by atoms with Crippen molar-refractivity contribution in [3.63, 3.8) is 0 Å². The van der Waals surface area contributed by atoms with E-state index in [2.05, 4.69) is 10.3 Å². The van der Waals surface area contributed by atoms with Crippen LogP contribution in [0.25, 0.3) is 0 Å². The van der Waals surface area contributed by atoms with Gasteiger partial charge in [-0.1, -0.05) is 18.5 Å². The van der Waals surface area contributed by atoms with E-state index in [1.54, 1.807) is 18.2 Å². The quantitative estimate of drug-likeness (QED) is 0.852. The Morgan fingerprint density at radius 1 is 1.53 bits per heavy atom. The van der Waals surface area contributed by atoms with Crippen LogP contribution in [-0.4, -0.2) is 10.9 Å². The van der Waals surface area contributed by atoms with Gasteiger partial charge in [-0.05, 0) is 18.2 Å². The molecule has 0 spiro atoms. The second kappa shape index (κ2) is 5.01. The van der Waals surface area contributed by atoms with Crippen LogP contribution in [-0.2, 0) is 6.42 Å². The molecule has 17 heavy (non-hydrogen) atoms. The van der Waals surface area contributed by atoms with Crippen LogP contribution >= 0.6 is 11.6 Å². The van der Waals surface area contributed by atoms with E-state index in [9.17, 15) is 4.79 Å². The van der Waals surface area contributed by atoms with Crippen molar-refractivity contribution in [3.05, 3.63) is 47.1 Å². The third-order valence-electron chi connectivity index (χ3n) is 2.30. The van der Waals surface area contributed by atoms with Gasteiger partial charge in [-0.25, -0.2) is 4.98 Å². The Labute approximate surface area is 104 Å². The Kier molecular flexibility index (Phi) is 3.44. The Balaban J connectivity index is 2.17. The minimum atomic E-state index is -0.210. The molecule has 0 aromatic carbocycles. The predicted octanol–water partition coefficient (Wildman–Crippen LogP) is 3.14. The van der Waals surface area contributed by atoms with E-state index in [0.717, 1.165) is 0 Å². The average Bonchev–Trinajstić information content (AvgIpc) is 2.77. The van der Waals surface area contributed by atoms with Crippen molar-refractivity contribution in [2.45, 2.75) is 13.3 Å². The highest BCUT2D eigenvalue weighted by Gasteiger charge is 2.13. The largest absolute Gasteiger partial charge is 0.469 e. The maximum atomic E-state index is 11.9. The summed E-state index contributed by atoms with van der Waals surface area (Å²) in [6.45, 7) is 1.93. The van der Waals surface area contributed by atoms with Crippen molar-refractivity contribution in [1.82, 2.24) is 4.98 Å². The van der Waals surface area contributed by atoms with Gasteiger partial charge in [0.2, 0.25) is 0 Å². The van der Waals surface area contributed by atoms with Crippen LogP contribution in [0, 0.1) is 0 Å². The highest BCUT2D eigenvalue weighted by molar-refractivity contribution is 6.29. The van der Waals surface area contributed by atoms with Crippen molar-refractivity contribution in [3.8, 4) is 0 Å². The molecule has 0 aliphatic rings. The molecule has 2 rings (SSSR count). The molecule has 1 N–H and O–H groups in total. The van der Waals surface area contributed by atoms with Gasteiger partial charge >= 0.3 is 0 Å². The van der Waals surface area contributed by atoms with Gasteiger partial charge in [0.25, 0.3) is 5.91 Å². The summed E-state index contributed by atoms with van der Waals surface area (Å²) >= 11 is 5.73. The average molecular weight is 251 g/mol. The number of furan rings is 1. The molecule has 0 fully saturated rings. The lowest BCUT2D eigenvalue weighted by atomic mass is 10.2. The Morgan fingerprint density at radius 3 is 3.06 bits per heavy atom. The standard InChI is InChI=1S/C12H11ClN2O2/c1-2-10-9(4-6-17-10)12(16)15-8-3-5-14-11(13)7-8/h3-7H,2H2,1H3,(H,14,15,16). The second-order valence-corrected chi connectivity index (χ2v) is 3.82. The number of carbonyl (C=O) groups excluding carboxylic acids is 1. The van der Waals surface area contributed by atoms with Gasteiger partial charge in [-0.15, -0.1) is 0 Å². The molecule has 88 valence electrons. The molecule has 2 aromatic rings. The molecule has 2 heterocycles. The highest BCUT2D eigenvalue weighted by Crippen LogP contribution is 2.16. The van der Waals surface area contributed by atoms with Crippen LogP contribution in [0.1, 0.15) is 23.0 Å². The molecule has 0 radical (unpaired) electrons. The molecule has 5 heteroatoms. The molecule has 4 nitrogen and oxygen atoms in total. The van der Waals surface area contributed by atoms with Crippen molar-refractivity contribution in [2.75, 3.05) is 5.32 Å². The van der Waals surface area contributed by atoms with Gasteiger partial charge in [0, 0.05) is 18.3 Å². The van der Waals surface area contributed by atoms with Gasteiger partial charge in [-0.2, -0.15) is 0 Å². The van der Waals surface area contributed by atoms with Crippen LogP contribution in [0.2, 0.25) is 5.15 Å². The van der Waals surface area contributed by atoms with E-state index in [1.165, 1.54) is 12.5 Å². The van der Waals surface area contributed by atoms with E-state index < -0.39 is 0 Å². The summed E-state index contributed by atoms with van der Waals surface area (Å²) in [5, 5.41) is 3.08. The first-order valence-corrected chi connectivity index (χ1v) is 5.57. The number of amides is 1. The lowest BCUT2D eigenvalue weighted by molar-refractivity contribution is 0.102. The minimum Gasteiger partial charge on any atom is -0.469 e. The molecule has 0 aliphatic heterocycles. The van der Waals surface area contributed by atoms with Crippen molar-refractivity contribution in [2.24, 2.45) is 0 Å². The lowest BCUT2D eigenvalue weighted by Crippen LogP contribution is -2.12. The smallest absolute Gasteiger partial charge is 0.259 e. The summed E-state index contributed by atoms with van der Waals surface area (Å²) in [6.07, 6.45) is 3.72. The lowest BCUT2D eigenvalue weighted by Gasteiger charge is -2.04. The summed E-state index contributed by atoms with van der Waals surface area (Å²) in [5.41, 5.74) is 1.15. The van der Waals surface area contributed by atoms with Gasteiger partial charge < -0.3 is 9.73 Å². The molecule has 2 aromatic heterocycles. The number of hydrogen-bond acceptors (Lipinski definition) is 3. The van der Waals surface area contributed by atoms with E-state index in [1.807, 2.05) is 6.92 Å². The molecule has 0 bridgehead atoms. The van der Waals surface area contributed by atoms with Crippen molar-refractivity contribution < 1.29 is 9.21 Å². The summed E-state index contributed by atoms with van der Waals surface area (Å²) < 4.78 is 5.20. The van der Waals surface area contributed by atoms with Gasteiger partial charge in [-0.3, -0.25) is 4.79 Å². The summed E-state index contributed by atoms with van der Waals surface area (Å²) in [5.74, 6) is 0.459. The fourth-order valence-corrected chi connectivity index (χ4v) is 1.67. The number of nitrogens with one attached hydrogen (secondary N) is 1. The number of aryl methyl sites for hydroxylation is 1. The predicted molar refractivity (Wildman–Crippen MR) is 65.3 cm³/mol. The summed E-state index contributed by atoms with van der Waals surface area (Å²) in [4.78, 5) is 15.8.